The van der Waals surface area contributed by atoms with E-state index in [4.69, 9.17) is 18.9 Å². The second-order valence-electron chi connectivity index (χ2n) is 23.4. The van der Waals surface area contributed by atoms with Gasteiger partial charge in [-0.1, -0.05) is 190 Å². The van der Waals surface area contributed by atoms with E-state index in [1.54, 1.807) is 12.1 Å². The van der Waals surface area contributed by atoms with Gasteiger partial charge in [-0.2, -0.15) is 0 Å². The van der Waals surface area contributed by atoms with E-state index in [1.165, 1.54) is 11.1 Å². The van der Waals surface area contributed by atoms with Crippen molar-refractivity contribution in [3.8, 4) is 11.1 Å². The predicted octanol–water partition coefficient (Wildman–Crippen LogP) is 18.0. The van der Waals surface area contributed by atoms with Gasteiger partial charge in [0.25, 0.3) is 0 Å². The molecule has 89 heavy (non-hydrogen) atoms. The van der Waals surface area contributed by atoms with Crippen LogP contribution in [-0.2, 0) is 43.5 Å². The molecule has 0 N–H and O–H groups in total. The topological polar surface area (TPSA) is 112 Å². The Hall–Kier alpha value is -11.9. The minimum absolute atomic E-state index is 0.112. The average Bonchev–Trinajstić information content (AvgIpc) is 1.39. The first kappa shape index (κ1) is 51.5. The molecular formula is C79H48N2O8. The SMILES string of the molecule is CC1(C)c2ccccc2N(c2ccccc2)c2ccc3cc(C4=C5OC(=O)C(c6cccc(-c7ccc8ccc(N(c9ccc%10cc(C%11=C%12OC(=O)C(c%13ccccc%13)=C%12OC%11=O)ccc%10c9)c9cccc%10ccccc9%10)cc8c7)c6)=C5OC4=O)ccc3c21. The number of carbonyl (C=O) groups is 4. The van der Waals surface area contributed by atoms with Gasteiger partial charge in [-0.15, -0.1) is 0 Å². The van der Waals surface area contributed by atoms with Gasteiger partial charge in [0.05, 0.1) is 17.1 Å². The van der Waals surface area contributed by atoms with Crippen LogP contribution in [0.3, 0.4) is 0 Å². The average molecular weight is 1150 g/mol. The molecule has 12 aromatic carbocycles. The van der Waals surface area contributed by atoms with Gasteiger partial charge in [0.1, 0.15) is 22.3 Å². The number of anilines is 6. The Labute approximate surface area is 510 Å². The van der Waals surface area contributed by atoms with Crippen molar-refractivity contribution in [2.45, 2.75) is 19.3 Å². The number of carbonyl (C=O) groups excluding carboxylic acids is 4. The monoisotopic (exact) mass is 1150 g/mol. The zero-order valence-electron chi connectivity index (χ0n) is 47.9. The van der Waals surface area contributed by atoms with Crippen LogP contribution < -0.4 is 9.80 Å². The standard InChI is InChI=1S/C79H48N2O8/c1-79(2)62-24-11-12-25-64(62)81(57-21-7-4-8-22-57)65-38-34-52-42-55(33-37-61(52)70(65)79)69-74-72(88-78(69)85)67(76(83)89-74)53-20-13-19-48(39-53)49-28-27-45-31-35-59(44-56(45)41-49)80(63-26-14-18-46-15-9-10-23-60(46)63)58-36-32-50-40-54(30-29-51(50)43-58)68-73-71(86-77(68)84)66(75(82)87-73)47-16-5-3-6-17-47/h3-44H,1-2H3. The number of hydrogen-bond donors (Lipinski definition) is 0. The summed E-state index contributed by atoms with van der Waals surface area (Å²) in [5.74, 6) is -1.83. The summed E-state index contributed by atoms with van der Waals surface area (Å²) in [6.45, 7) is 4.52. The molecule has 0 saturated carbocycles. The van der Waals surface area contributed by atoms with E-state index in [-0.39, 0.29) is 50.7 Å². The van der Waals surface area contributed by atoms with E-state index < -0.39 is 23.9 Å². The van der Waals surface area contributed by atoms with E-state index >= 15 is 0 Å². The van der Waals surface area contributed by atoms with Gasteiger partial charge in [-0.3, -0.25) is 0 Å². The molecule has 5 aliphatic heterocycles. The lowest BCUT2D eigenvalue weighted by atomic mass is 9.71. The molecule has 0 fully saturated rings. The summed E-state index contributed by atoms with van der Waals surface area (Å²) in [7, 11) is 0. The molecule has 0 radical (unpaired) electrons. The summed E-state index contributed by atoms with van der Waals surface area (Å²) in [5, 5.41) is 7.96. The summed E-state index contributed by atoms with van der Waals surface area (Å²) in [4.78, 5) is 59.4. The maximum Gasteiger partial charge on any atom is 0.348 e. The Morgan fingerprint density at radius 3 is 1.52 bits per heavy atom. The molecule has 0 bridgehead atoms. The summed E-state index contributed by atoms with van der Waals surface area (Å²) < 4.78 is 23.5. The van der Waals surface area contributed by atoms with Crippen molar-refractivity contribution in [2.75, 3.05) is 9.80 Å². The van der Waals surface area contributed by atoms with Gasteiger partial charge in [0, 0.05) is 27.9 Å². The largest absolute Gasteiger partial charge is 0.418 e. The van der Waals surface area contributed by atoms with Crippen molar-refractivity contribution in [3.05, 3.63) is 311 Å². The fourth-order valence-corrected chi connectivity index (χ4v) is 13.8. The Bertz CT molecular complexity index is 5320. The Morgan fingerprint density at radius 1 is 0.326 bits per heavy atom. The van der Waals surface area contributed by atoms with E-state index in [2.05, 4.69) is 169 Å². The lowest BCUT2D eigenvalue weighted by Crippen LogP contribution is -2.30. The molecule has 5 heterocycles. The van der Waals surface area contributed by atoms with Crippen LogP contribution in [0.25, 0.3) is 76.5 Å². The van der Waals surface area contributed by atoms with Gasteiger partial charge in [0.15, 0.2) is 23.0 Å². The van der Waals surface area contributed by atoms with Crippen LogP contribution in [-0.4, -0.2) is 23.9 Å². The van der Waals surface area contributed by atoms with Crippen LogP contribution in [0.5, 0.6) is 0 Å². The van der Waals surface area contributed by atoms with Crippen LogP contribution in [0, 0.1) is 0 Å². The van der Waals surface area contributed by atoms with Gasteiger partial charge in [0.2, 0.25) is 0 Å². The molecule has 10 heteroatoms. The Morgan fingerprint density at radius 2 is 0.798 bits per heavy atom. The summed E-state index contributed by atoms with van der Waals surface area (Å²) in [6.07, 6.45) is 0. The molecule has 5 aliphatic rings. The fourth-order valence-electron chi connectivity index (χ4n) is 13.8. The van der Waals surface area contributed by atoms with E-state index in [1.807, 2.05) is 97.1 Å². The number of nitrogens with zero attached hydrogens (tertiary/aromatic N) is 2. The van der Waals surface area contributed by atoms with Crippen molar-refractivity contribution in [1.29, 1.82) is 0 Å². The third kappa shape index (κ3) is 8.04. The highest BCUT2D eigenvalue weighted by atomic mass is 16.6. The molecule has 0 saturated heterocycles. The summed E-state index contributed by atoms with van der Waals surface area (Å²) in [5.41, 5.74) is 13.0. The number of fused-ring (bicyclic) bond motifs is 9. The van der Waals surface area contributed by atoms with E-state index in [0.717, 1.165) is 88.3 Å². The molecular weight excluding hydrogens is 1100 g/mol. The zero-order valence-corrected chi connectivity index (χ0v) is 47.9. The molecule has 0 unspecified atom stereocenters. The molecule has 0 spiro atoms. The van der Waals surface area contributed by atoms with Gasteiger partial charge in [-0.25, -0.2) is 19.2 Å². The van der Waals surface area contributed by atoms with Crippen molar-refractivity contribution >= 4 is 123 Å². The minimum Gasteiger partial charge on any atom is -0.418 e. The summed E-state index contributed by atoms with van der Waals surface area (Å²) >= 11 is 0. The van der Waals surface area contributed by atoms with Gasteiger partial charge in [-0.05, 0) is 161 Å². The third-order valence-electron chi connectivity index (χ3n) is 17.9. The number of hydrogen-bond acceptors (Lipinski definition) is 10. The fraction of sp³-hybridized carbons (Fsp3) is 0.0380. The second-order valence-corrected chi connectivity index (χ2v) is 23.4. The highest BCUT2D eigenvalue weighted by molar-refractivity contribution is 6.30. The highest BCUT2D eigenvalue weighted by Gasteiger charge is 2.46. The smallest absolute Gasteiger partial charge is 0.348 e. The third-order valence-corrected chi connectivity index (χ3v) is 17.9. The van der Waals surface area contributed by atoms with E-state index in [0.29, 0.717) is 22.3 Å². The van der Waals surface area contributed by atoms with Crippen LogP contribution in [0.1, 0.15) is 47.2 Å². The molecule has 0 aliphatic carbocycles. The van der Waals surface area contributed by atoms with Gasteiger partial charge >= 0.3 is 23.9 Å². The second kappa shape index (κ2) is 19.6. The first-order valence-corrected chi connectivity index (χ1v) is 29.4. The number of para-hydroxylation sites is 2. The first-order valence-electron chi connectivity index (χ1n) is 29.4. The minimum atomic E-state index is -0.597. The number of rotatable bonds is 9. The molecule has 0 atom stereocenters. The van der Waals surface area contributed by atoms with Crippen LogP contribution in [0.15, 0.2) is 278 Å². The number of ether oxygens (including phenoxy) is 4. The van der Waals surface area contributed by atoms with Crippen molar-refractivity contribution in [1.82, 2.24) is 0 Å². The van der Waals surface area contributed by atoms with E-state index in [9.17, 15) is 19.2 Å². The lowest BCUT2D eigenvalue weighted by Gasteiger charge is -2.42. The van der Waals surface area contributed by atoms with Crippen LogP contribution in [0.2, 0.25) is 0 Å². The van der Waals surface area contributed by atoms with Crippen molar-refractivity contribution < 1.29 is 38.1 Å². The first-order chi connectivity index (χ1) is 43.5. The Kier molecular flexibility index (Phi) is 11.3. The maximum atomic E-state index is 14.1. The predicted molar refractivity (Wildman–Crippen MR) is 348 cm³/mol. The molecule has 17 rings (SSSR count). The summed E-state index contributed by atoms with van der Waals surface area (Å²) in [6, 6.07) is 85.3. The maximum absolute atomic E-state index is 14.1. The van der Waals surface area contributed by atoms with Gasteiger partial charge < -0.3 is 28.7 Å². The normalized spacial score (nSPS) is 15.6. The molecule has 0 aromatic heterocycles. The number of esters is 4. The molecule has 10 nitrogen and oxygen atoms in total. The molecule has 0 amide bonds. The Balaban J connectivity index is 0.710. The number of benzene rings is 12. The highest BCUT2D eigenvalue weighted by Crippen LogP contribution is 2.55. The van der Waals surface area contributed by atoms with Crippen molar-refractivity contribution in [3.63, 3.8) is 0 Å². The van der Waals surface area contributed by atoms with Crippen LogP contribution >= 0.6 is 0 Å². The lowest BCUT2D eigenvalue weighted by molar-refractivity contribution is -0.132. The van der Waals surface area contributed by atoms with Crippen molar-refractivity contribution in [2.24, 2.45) is 0 Å². The van der Waals surface area contributed by atoms with Crippen LogP contribution in [0.4, 0.5) is 34.1 Å². The zero-order chi connectivity index (χ0) is 59.8. The molecule has 422 valence electrons. The molecule has 12 aromatic rings. The quantitative estimate of drug-likeness (QED) is 0.102.